The zero-order chi connectivity index (χ0) is 11.5. The lowest BCUT2D eigenvalue weighted by Crippen LogP contribution is -2.21. The van der Waals surface area contributed by atoms with E-state index in [1.54, 1.807) is 12.1 Å². The predicted molar refractivity (Wildman–Crippen MR) is 61.8 cm³/mol. The highest BCUT2D eigenvalue weighted by Crippen LogP contribution is 2.36. The molecule has 2 nitrogen and oxygen atoms in total. The van der Waals surface area contributed by atoms with Gasteiger partial charge in [0.15, 0.2) is 0 Å². The van der Waals surface area contributed by atoms with Gasteiger partial charge in [0.05, 0.1) is 0 Å². The van der Waals surface area contributed by atoms with Gasteiger partial charge in [-0.3, -0.25) is 0 Å². The first-order chi connectivity index (χ1) is 7.70. The molecule has 0 aliphatic heterocycles. The Labute approximate surface area is 95.3 Å². The molecule has 2 rings (SSSR count). The summed E-state index contributed by atoms with van der Waals surface area (Å²) in [7, 11) is 0. The topological polar surface area (TPSA) is 46.2 Å². The number of nitrogens with two attached hydrogens (primary N) is 1. The molecule has 0 spiro atoms. The van der Waals surface area contributed by atoms with Gasteiger partial charge in [-0.1, -0.05) is 6.07 Å². The van der Waals surface area contributed by atoms with Gasteiger partial charge >= 0.3 is 0 Å². The highest BCUT2D eigenvalue weighted by atomic mass is 19.1. The molecule has 0 bridgehead atoms. The van der Waals surface area contributed by atoms with Gasteiger partial charge < -0.3 is 10.8 Å². The van der Waals surface area contributed by atoms with Crippen molar-refractivity contribution in [3.63, 3.8) is 0 Å². The average Bonchev–Trinajstić information content (AvgIpc) is 2.29. The Kier molecular flexibility index (Phi) is 3.44. The molecular weight excluding hydrogens is 205 g/mol. The van der Waals surface area contributed by atoms with E-state index in [0.29, 0.717) is 11.8 Å². The summed E-state index contributed by atoms with van der Waals surface area (Å²) in [5.41, 5.74) is 6.37. The summed E-state index contributed by atoms with van der Waals surface area (Å²) in [6, 6.07) is 4.47. The van der Waals surface area contributed by atoms with Crippen LogP contribution in [0.15, 0.2) is 18.2 Å². The van der Waals surface area contributed by atoms with Gasteiger partial charge in [-0.2, -0.15) is 0 Å². The summed E-state index contributed by atoms with van der Waals surface area (Å²) in [6.07, 6.45) is 4.18. The van der Waals surface area contributed by atoms with Gasteiger partial charge in [-0.05, 0) is 55.7 Å². The standard InChI is InChI=1S/C13H18FNO/c14-13-7-11(16)5-6-12(13)10-3-1-9(8-15)2-4-10/h5-7,9-10,16H,1-4,8,15H2. The number of benzene rings is 1. The fraction of sp³-hybridized carbons (Fsp3) is 0.538. The van der Waals surface area contributed by atoms with Crippen LogP contribution in [-0.2, 0) is 0 Å². The minimum Gasteiger partial charge on any atom is -0.508 e. The first kappa shape index (κ1) is 11.4. The predicted octanol–water partition coefficient (Wildman–Crippen LogP) is 2.76. The zero-order valence-corrected chi connectivity index (χ0v) is 9.32. The quantitative estimate of drug-likeness (QED) is 0.809. The number of rotatable bonds is 2. The van der Waals surface area contributed by atoms with E-state index in [2.05, 4.69) is 0 Å². The molecule has 0 radical (unpaired) electrons. The Morgan fingerprint density at radius 3 is 2.50 bits per heavy atom. The Morgan fingerprint density at radius 1 is 1.25 bits per heavy atom. The zero-order valence-electron chi connectivity index (χ0n) is 9.32. The molecule has 0 unspecified atom stereocenters. The van der Waals surface area contributed by atoms with Crippen LogP contribution < -0.4 is 5.73 Å². The van der Waals surface area contributed by atoms with E-state index in [4.69, 9.17) is 10.8 Å². The van der Waals surface area contributed by atoms with Crippen molar-refractivity contribution in [3.8, 4) is 5.75 Å². The minimum atomic E-state index is -0.281. The molecular formula is C13H18FNO. The van der Waals surface area contributed by atoms with Gasteiger partial charge in [-0.25, -0.2) is 4.39 Å². The van der Waals surface area contributed by atoms with Crippen molar-refractivity contribution in [2.45, 2.75) is 31.6 Å². The molecule has 3 heteroatoms. The van der Waals surface area contributed by atoms with Crippen molar-refractivity contribution < 1.29 is 9.50 Å². The Bertz CT molecular complexity index is 359. The maximum absolute atomic E-state index is 13.6. The molecule has 1 aliphatic carbocycles. The van der Waals surface area contributed by atoms with Crippen LogP contribution in [0.4, 0.5) is 4.39 Å². The summed E-state index contributed by atoms with van der Waals surface area (Å²) in [4.78, 5) is 0. The highest BCUT2D eigenvalue weighted by molar-refractivity contribution is 5.30. The van der Waals surface area contributed by atoms with Crippen LogP contribution in [0.2, 0.25) is 0 Å². The van der Waals surface area contributed by atoms with Gasteiger partial charge in [0.2, 0.25) is 0 Å². The van der Waals surface area contributed by atoms with E-state index < -0.39 is 0 Å². The summed E-state index contributed by atoms with van der Waals surface area (Å²) < 4.78 is 13.6. The molecule has 3 N–H and O–H groups in total. The monoisotopic (exact) mass is 223 g/mol. The van der Waals surface area contributed by atoms with Crippen LogP contribution in [0.5, 0.6) is 5.75 Å². The second-order valence-electron chi connectivity index (χ2n) is 4.66. The molecule has 1 saturated carbocycles. The molecule has 1 aromatic rings. The molecule has 1 fully saturated rings. The number of hydrogen-bond donors (Lipinski definition) is 2. The smallest absolute Gasteiger partial charge is 0.130 e. The molecule has 16 heavy (non-hydrogen) atoms. The van der Waals surface area contributed by atoms with Crippen LogP contribution in [0.25, 0.3) is 0 Å². The third-order valence-electron chi connectivity index (χ3n) is 3.60. The minimum absolute atomic E-state index is 0.00288. The third kappa shape index (κ3) is 2.35. The molecule has 0 aromatic heterocycles. The second-order valence-corrected chi connectivity index (χ2v) is 4.66. The highest BCUT2D eigenvalue weighted by Gasteiger charge is 2.23. The van der Waals surface area contributed by atoms with E-state index in [1.165, 1.54) is 6.07 Å². The number of halogens is 1. The number of hydrogen-bond acceptors (Lipinski definition) is 2. The van der Waals surface area contributed by atoms with Gasteiger partial charge in [0.25, 0.3) is 0 Å². The number of aromatic hydroxyl groups is 1. The fourth-order valence-electron chi connectivity index (χ4n) is 2.56. The molecule has 0 amide bonds. The maximum Gasteiger partial charge on any atom is 0.130 e. The lowest BCUT2D eigenvalue weighted by atomic mass is 9.78. The molecule has 0 heterocycles. The second kappa shape index (κ2) is 4.83. The first-order valence-electron chi connectivity index (χ1n) is 5.89. The van der Waals surface area contributed by atoms with Crippen LogP contribution in [0.3, 0.4) is 0 Å². The third-order valence-corrected chi connectivity index (χ3v) is 3.60. The van der Waals surface area contributed by atoms with Crippen LogP contribution in [-0.4, -0.2) is 11.7 Å². The SMILES string of the molecule is NCC1CCC(c2ccc(O)cc2F)CC1. The summed E-state index contributed by atoms with van der Waals surface area (Å²) >= 11 is 0. The summed E-state index contributed by atoms with van der Waals surface area (Å²) in [6.45, 7) is 0.741. The van der Waals surface area contributed by atoms with Crippen molar-refractivity contribution in [1.29, 1.82) is 0 Å². The average molecular weight is 223 g/mol. The van der Waals surface area contributed by atoms with Crippen LogP contribution in [0.1, 0.15) is 37.2 Å². The van der Waals surface area contributed by atoms with Crippen molar-refractivity contribution in [2.75, 3.05) is 6.54 Å². The molecule has 1 aromatic carbocycles. The van der Waals surface area contributed by atoms with E-state index in [9.17, 15) is 4.39 Å². The Balaban J connectivity index is 2.08. The molecule has 1 aliphatic rings. The van der Waals surface area contributed by atoms with E-state index in [0.717, 1.165) is 37.8 Å². The Morgan fingerprint density at radius 2 is 1.94 bits per heavy atom. The van der Waals surface area contributed by atoms with Crippen molar-refractivity contribution in [2.24, 2.45) is 11.7 Å². The van der Waals surface area contributed by atoms with Crippen molar-refractivity contribution >= 4 is 0 Å². The number of phenolic OH excluding ortho intramolecular Hbond substituents is 1. The van der Waals surface area contributed by atoms with E-state index >= 15 is 0 Å². The van der Waals surface area contributed by atoms with Gasteiger partial charge in [-0.15, -0.1) is 0 Å². The Hall–Kier alpha value is -1.09. The molecule has 88 valence electrons. The lowest BCUT2D eigenvalue weighted by Gasteiger charge is -2.28. The van der Waals surface area contributed by atoms with Crippen LogP contribution in [0, 0.1) is 11.7 Å². The normalized spacial score (nSPS) is 25.6. The van der Waals surface area contributed by atoms with Gasteiger partial charge in [0.1, 0.15) is 11.6 Å². The summed E-state index contributed by atoms with van der Waals surface area (Å²) in [5, 5.41) is 9.16. The summed E-state index contributed by atoms with van der Waals surface area (Å²) in [5.74, 6) is 0.618. The van der Waals surface area contributed by atoms with Gasteiger partial charge in [0, 0.05) is 6.07 Å². The van der Waals surface area contributed by atoms with E-state index in [1.807, 2.05) is 0 Å². The van der Waals surface area contributed by atoms with Crippen molar-refractivity contribution in [1.82, 2.24) is 0 Å². The van der Waals surface area contributed by atoms with Crippen LogP contribution >= 0.6 is 0 Å². The largest absolute Gasteiger partial charge is 0.508 e. The number of phenols is 1. The molecule has 0 atom stereocenters. The fourth-order valence-corrected chi connectivity index (χ4v) is 2.56. The lowest BCUT2D eigenvalue weighted by molar-refractivity contribution is 0.327. The van der Waals surface area contributed by atoms with E-state index in [-0.39, 0.29) is 11.6 Å². The molecule has 0 saturated heterocycles. The first-order valence-corrected chi connectivity index (χ1v) is 5.89. The maximum atomic E-state index is 13.6. The van der Waals surface area contributed by atoms with Crippen molar-refractivity contribution in [3.05, 3.63) is 29.6 Å².